The fraction of sp³-hybridized carbons (Fsp3) is 0.882. The highest BCUT2D eigenvalue weighted by molar-refractivity contribution is 5.84. The Kier molecular flexibility index (Phi) is 9.71. The van der Waals surface area contributed by atoms with Crippen LogP contribution in [-0.4, -0.2) is 88.2 Å². The summed E-state index contributed by atoms with van der Waals surface area (Å²) in [6.07, 6.45) is 2.46. The number of nitrogens with zero attached hydrogens (tertiary/aromatic N) is 3. The van der Waals surface area contributed by atoms with Crippen molar-refractivity contribution in [2.45, 2.75) is 32.7 Å². The van der Waals surface area contributed by atoms with E-state index < -0.39 is 0 Å². The summed E-state index contributed by atoms with van der Waals surface area (Å²) in [5.74, 6) is 1.35. The molecule has 0 unspecified atom stereocenters. The highest BCUT2D eigenvalue weighted by Gasteiger charge is 2.24. The maximum atomic E-state index is 11.7. The van der Waals surface area contributed by atoms with Crippen molar-refractivity contribution >= 4 is 11.9 Å². The minimum absolute atomic E-state index is 0.00913. The first-order valence-electron chi connectivity index (χ1n) is 8.89. The van der Waals surface area contributed by atoms with Crippen molar-refractivity contribution in [3.63, 3.8) is 0 Å². The average Bonchev–Trinajstić information content (AvgIpc) is 2.95. The van der Waals surface area contributed by atoms with E-state index in [-0.39, 0.29) is 12.5 Å². The zero-order chi connectivity index (χ0) is 17.9. The van der Waals surface area contributed by atoms with Crippen LogP contribution >= 0.6 is 0 Å². The molecule has 1 aliphatic rings. The first-order chi connectivity index (χ1) is 11.4. The second-order valence-corrected chi connectivity index (χ2v) is 6.94. The van der Waals surface area contributed by atoms with Crippen molar-refractivity contribution in [2.75, 3.05) is 60.5 Å². The molecule has 1 saturated heterocycles. The molecule has 0 spiro atoms. The molecule has 0 aromatic rings. The summed E-state index contributed by atoms with van der Waals surface area (Å²) in [6, 6.07) is 0.534. The van der Waals surface area contributed by atoms with Crippen molar-refractivity contribution in [1.82, 2.24) is 20.4 Å². The van der Waals surface area contributed by atoms with Gasteiger partial charge in [-0.3, -0.25) is 9.69 Å². The number of carbonyl (C=O) groups is 1. The Labute approximate surface area is 146 Å². The quantitative estimate of drug-likeness (QED) is 0.360. The summed E-state index contributed by atoms with van der Waals surface area (Å²) < 4.78 is 5.07. The minimum atomic E-state index is -0.00913. The molecule has 2 N–H and O–H groups in total. The molecule has 140 valence electrons. The van der Waals surface area contributed by atoms with Crippen LogP contribution in [0.2, 0.25) is 0 Å². The highest BCUT2D eigenvalue weighted by Crippen LogP contribution is 2.17. The van der Waals surface area contributed by atoms with Crippen molar-refractivity contribution in [3.8, 4) is 0 Å². The molecule has 0 bridgehead atoms. The fourth-order valence-electron chi connectivity index (χ4n) is 2.78. The topological polar surface area (TPSA) is 69.2 Å². The van der Waals surface area contributed by atoms with Gasteiger partial charge in [0.25, 0.3) is 0 Å². The number of ether oxygens (including phenoxy) is 1. The molecule has 0 aromatic carbocycles. The van der Waals surface area contributed by atoms with E-state index in [1.807, 2.05) is 0 Å². The number of likely N-dealkylation sites (N-methyl/N-ethyl adjacent to an activating group) is 1. The zero-order valence-corrected chi connectivity index (χ0v) is 16.0. The van der Waals surface area contributed by atoms with E-state index in [0.717, 1.165) is 13.1 Å². The smallest absolute Gasteiger partial charge is 0.243 e. The molecule has 0 aliphatic carbocycles. The predicted octanol–water partition coefficient (Wildman–Crippen LogP) is 0.377. The molecule has 1 rings (SSSR count). The molecule has 1 aliphatic heterocycles. The molecule has 1 heterocycles. The van der Waals surface area contributed by atoms with Gasteiger partial charge in [-0.15, -0.1) is 0 Å². The fourth-order valence-corrected chi connectivity index (χ4v) is 2.78. The van der Waals surface area contributed by atoms with Crippen LogP contribution in [0.1, 0.15) is 26.7 Å². The molecular formula is C17H35N5O2. The largest absolute Gasteiger partial charge is 0.383 e. The van der Waals surface area contributed by atoms with E-state index >= 15 is 0 Å². The summed E-state index contributed by atoms with van der Waals surface area (Å²) >= 11 is 0. The van der Waals surface area contributed by atoms with Crippen LogP contribution in [0.15, 0.2) is 4.99 Å². The average molecular weight is 342 g/mol. The van der Waals surface area contributed by atoms with Gasteiger partial charge in [0, 0.05) is 46.9 Å². The van der Waals surface area contributed by atoms with E-state index in [1.165, 1.54) is 19.4 Å². The van der Waals surface area contributed by atoms with Crippen LogP contribution in [0.25, 0.3) is 0 Å². The monoisotopic (exact) mass is 341 g/mol. The van der Waals surface area contributed by atoms with Crippen molar-refractivity contribution in [3.05, 3.63) is 0 Å². The standard InChI is InChI=1S/C17H35N5O2/c1-14(2)13-22-9-6-7-15(22)11-19-17(18-8-10-24-5)20-12-16(23)21(3)4/h14-15H,6-13H2,1-5H3,(H2,18,19,20)/t15-/m1/s1. The predicted molar refractivity (Wildman–Crippen MR) is 98.3 cm³/mol. The van der Waals surface area contributed by atoms with Gasteiger partial charge in [0.15, 0.2) is 5.96 Å². The van der Waals surface area contributed by atoms with Gasteiger partial charge >= 0.3 is 0 Å². The van der Waals surface area contributed by atoms with Crippen molar-refractivity contribution < 1.29 is 9.53 Å². The molecule has 1 atom stereocenters. The highest BCUT2D eigenvalue weighted by atomic mass is 16.5. The lowest BCUT2D eigenvalue weighted by Crippen LogP contribution is -2.46. The van der Waals surface area contributed by atoms with Gasteiger partial charge in [0.05, 0.1) is 6.61 Å². The number of likely N-dealkylation sites (tertiary alicyclic amines) is 1. The van der Waals surface area contributed by atoms with Crippen LogP contribution in [0.4, 0.5) is 0 Å². The van der Waals surface area contributed by atoms with Gasteiger partial charge in [0.2, 0.25) is 5.91 Å². The molecule has 24 heavy (non-hydrogen) atoms. The third-order valence-electron chi connectivity index (χ3n) is 4.07. The molecule has 0 radical (unpaired) electrons. The van der Waals surface area contributed by atoms with Crippen LogP contribution in [0.5, 0.6) is 0 Å². The Balaban J connectivity index is 2.53. The van der Waals surface area contributed by atoms with Crippen LogP contribution < -0.4 is 10.6 Å². The number of methoxy groups -OCH3 is 1. The van der Waals surface area contributed by atoms with Crippen LogP contribution in [0.3, 0.4) is 0 Å². The third-order valence-corrected chi connectivity index (χ3v) is 4.07. The van der Waals surface area contributed by atoms with Gasteiger partial charge in [-0.1, -0.05) is 13.8 Å². The maximum Gasteiger partial charge on any atom is 0.243 e. The van der Waals surface area contributed by atoms with E-state index in [1.54, 1.807) is 26.1 Å². The number of hydrogen-bond donors (Lipinski definition) is 2. The Hall–Kier alpha value is -1.34. The number of amides is 1. The normalized spacial score (nSPS) is 18.9. The number of guanidine groups is 1. The van der Waals surface area contributed by atoms with Crippen LogP contribution in [0, 0.1) is 5.92 Å². The number of nitrogens with one attached hydrogen (secondary N) is 2. The summed E-state index contributed by atoms with van der Waals surface area (Å²) in [5, 5.41) is 6.61. The lowest BCUT2D eigenvalue weighted by Gasteiger charge is -2.27. The minimum Gasteiger partial charge on any atom is -0.383 e. The second-order valence-electron chi connectivity index (χ2n) is 6.94. The number of aliphatic imine (C=N–C) groups is 1. The van der Waals surface area contributed by atoms with Crippen molar-refractivity contribution in [2.24, 2.45) is 10.9 Å². The van der Waals surface area contributed by atoms with E-state index in [0.29, 0.717) is 31.1 Å². The molecule has 0 saturated carbocycles. The third kappa shape index (κ3) is 7.97. The Morgan fingerprint density at radius 3 is 2.75 bits per heavy atom. The number of rotatable bonds is 9. The van der Waals surface area contributed by atoms with Crippen molar-refractivity contribution in [1.29, 1.82) is 0 Å². The number of hydrogen-bond acceptors (Lipinski definition) is 4. The van der Waals surface area contributed by atoms with E-state index in [2.05, 4.69) is 34.4 Å². The van der Waals surface area contributed by atoms with Gasteiger partial charge in [-0.2, -0.15) is 0 Å². The molecular weight excluding hydrogens is 306 g/mol. The lowest BCUT2D eigenvalue weighted by molar-refractivity contribution is -0.127. The molecule has 1 fully saturated rings. The number of carbonyl (C=O) groups excluding carboxylic acids is 1. The van der Waals surface area contributed by atoms with Gasteiger partial charge < -0.3 is 20.3 Å². The van der Waals surface area contributed by atoms with E-state index in [9.17, 15) is 4.79 Å². The lowest BCUT2D eigenvalue weighted by atomic mass is 10.1. The van der Waals surface area contributed by atoms with Gasteiger partial charge in [-0.05, 0) is 25.3 Å². The SMILES string of the molecule is COCCNC(=NCC(=O)N(C)C)NC[C@H]1CCCN1CC(C)C. The second kappa shape index (κ2) is 11.3. The Morgan fingerprint density at radius 1 is 1.38 bits per heavy atom. The maximum absolute atomic E-state index is 11.7. The molecule has 1 amide bonds. The summed E-state index contributed by atoms with van der Waals surface area (Å²) in [7, 11) is 5.15. The molecule has 0 aromatic heterocycles. The van der Waals surface area contributed by atoms with E-state index in [4.69, 9.17) is 4.74 Å². The first-order valence-corrected chi connectivity index (χ1v) is 8.89. The summed E-state index contributed by atoms with van der Waals surface area (Å²) in [4.78, 5) is 20.2. The van der Waals surface area contributed by atoms with Gasteiger partial charge in [-0.25, -0.2) is 4.99 Å². The Bertz CT molecular complexity index is 398. The summed E-state index contributed by atoms with van der Waals surface area (Å²) in [5.41, 5.74) is 0. The first kappa shape index (κ1) is 20.7. The van der Waals surface area contributed by atoms with Crippen LogP contribution in [-0.2, 0) is 9.53 Å². The summed E-state index contributed by atoms with van der Waals surface area (Å²) in [6.45, 7) is 9.09. The zero-order valence-electron chi connectivity index (χ0n) is 16.0. The Morgan fingerprint density at radius 2 is 2.12 bits per heavy atom. The molecule has 7 heteroatoms. The van der Waals surface area contributed by atoms with Gasteiger partial charge in [0.1, 0.15) is 6.54 Å². The molecule has 7 nitrogen and oxygen atoms in total.